The first-order chi connectivity index (χ1) is 13.5. The summed E-state index contributed by atoms with van der Waals surface area (Å²) in [5, 5.41) is 6.61. The van der Waals surface area contributed by atoms with Crippen molar-refractivity contribution in [2.45, 2.75) is 19.9 Å². The van der Waals surface area contributed by atoms with Crippen LogP contribution in [0.5, 0.6) is 0 Å². The van der Waals surface area contributed by atoms with Gasteiger partial charge >= 0.3 is 0 Å². The zero-order valence-electron chi connectivity index (χ0n) is 15.5. The zero-order chi connectivity index (χ0) is 19.7. The number of fused-ring (bicyclic) bond motifs is 2. The smallest absolute Gasteiger partial charge is 0.287 e. The molecule has 3 aromatic heterocycles. The summed E-state index contributed by atoms with van der Waals surface area (Å²) in [5.41, 5.74) is 2.03. The van der Waals surface area contributed by atoms with Crippen molar-refractivity contribution < 1.29 is 9.59 Å². The maximum absolute atomic E-state index is 13.0. The predicted octanol–water partition coefficient (Wildman–Crippen LogP) is 3.27. The predicted molar refractivity (Wildman–Crippen MR) is 107 cm³/mol. The van der Waals surface area contributed by atoms with E-state index >= 15 is 0 Å². The van der Waals surface area contributed by atoms with Crippen molar-refractivity contribution in [3.63, 3.8) is 0 Å². The van der Waals surface area contributed by atoms with Gasteiger partial charge in [0.1, 0.15) is 0 Å². The van der Waals surface area contributed by atoms with Gasteiger partial charge in [-0.2, -0.15) is 0 Å². The quantitative estimate of drug-likeness (QED) is 0.575. The maximum Gasteiger partial charge on any atom is 0.287 e. The largest absolute Gasteiger partial charge is 0.347 e. The number of pyridine rings is 2. The molecule has 0 spiro atoms. The number of hydrogen-bond acceptors (Lipinski definition) is 4. The van der Waals surface area contributed by atoms with Crippen LogP contribution in [0.15, 0.2) is 60.9 Å². The molecule has 7 heteroatoms. The van der Waals surface area contributed by atoms with Crippen molar-refractivity contribution in [2.75, 3.05) is 5.32 Å². The van der Waals surface area contributed by atoms with Gasteiger partial charge in [-0.1, -0.05) is 24.3 Å². The van der Waals surface area contributed by atoms with Gasteiger partial charge in [-0.25, -0.2) is 4.98 Å². The fourth-order valence-corrected chi connectivity index (χ4v) is 3.08. The summed E-state index contributed by atoms with van der Waals surface area (Å²) < 4.78 is 1.62. The number of rotatable bonds is 4. The monoisotopic (exact) mass is 373 g/mol. The van der Waals surface area contributed by atoms with Crippen molar-refractivity contribution in [3.05, 3.63) is 72.4 Å². The summed E-state index contributed by atoms with van der Waals surface area (Å²) in [4.78, 5) is 34.2. The van der Waals surface area contributed by atoms with E-state index in [2.05, 4.69) is 20.6 Å². The van der Waals surface area contributed by atoms with Crippen LogP contribution in [0, 0.1) is 0 Å². The van der Waals surface area contributed by atoms with E-state index in [9.17, 15) is 9.59 Å². The summed E-state index contributed by atoms with van der Waals surface area (Å²) in [5.74, 6) is -0.557. The summed E-state index contributed by atoms with van der Waals surface area (Å²) >= 11 is 0. The van der Waals surface area contributed by atoms with Crippen LogP contribution >= 0.6 is 0 Å². The fourth-order valence-electron chi connectivity index (χ4n) is 3.08. The number of aromatic nitrogens is 3. The van der Waals surface area contributed by atoms with Crippen LogP contribution in [0.2, 0.25) is 0 Å². The highest BCUT2D eigenvalue weighted by molar-refractivity contribution is 6.11. The number of hydrogen-bond donors (Lipinski definition) is 2. The Morgan fingerprint density at radius 3 is 2.64 bits per heavy atom. The standard InChI is InChI=1S/C21H19N5O2/c1-13(2)23-21(28)19-25-18(16-10-3-4-12-26(16)19)20(27)24-15-9-5-7-14-8-6-11-22-17(14)15/h3-13H,1-2H3,(H,23,28)(H,24,27). The second kappa shape index (κ2) is 7.11. The van der Waals surface area contributed by atoms with E-state index in [4.69, 9.17) is 0 Å². The number of nitrogens with one attached hydrogen (secondary N) is 2. The van der Waals surface area contributed by atoms with Crippen LogP contribution in [0.3, 0.4) is 0 Å². The number of amides is 2. The van der Waals surface area contributed by atoms with E-state index in [0.717, 1.165) is 5.39 Å². The summed E-state index contributed by atoms with van der Waals surface area (Å²) in [6.07, 6.45) is 3.40. The number of carbonyl (C=O) groups is 2. The van der Waals surface area contributed by atoms with Gasteiger partial charge < -0.3 is 10.6 Å². The number of carbonyl (C=O) groups excluding carboxylic acids is 2. The molecule has 0 radical (unpaired) electrons. The highest BCUT2D eigenvalue weighted by atomic mass is 16.2. The van der Waals surface area contributed by atoms with Crippen molar-refractivity contribution in [3.8, 4) is 0 Å². The van der Waals surface area contributed by atoms with Gasteiger partial charge in [0.15, 0.2) is 5.69 Å². The number of imidazole rings is 1. The minimum atomic E-state index is -0.398. The third-order valence-electron chi connectivity index (χ3n) is 4.27. The Morgan fingerprint density at radius 2 is 1.82 bits per heavy atom. The van der Waals surface area contributed by atoms with Crippen LogP contribution < -0.4 is 10.6 Å². The lowest BCUT2D eigenvalue weighted by Gasteiger charge is -2.07. The molecule has 0 aliphatic heterocycles. The number of benzene rings is 1. The first kappa shape index (κ1) is 17.7. The molecular formula is C21H19N5O2. The number of para-hydroxylation sites is 1. The Balaban J connectivity index is 1.74. The molecule has 0 bridgehead atoms. The van der Waals surface area contributed by atoms with Gasteiger partial charge in [-0.3, -0.25) is 19.0 Å². The van der Waals surface area contributed by atoms with Gasteiger partial charge in [-0.05, 0) is 38.1 Å². The van der Waals surface area contributed by atoms with E-state index in [1.807, 2.05) is 38.1 Å². The number of nitrogens with zero attached hydrogens (tertiary/aromatic N) is 3. The molecule has 0 atom stereocenters. The molecular weight excluding hydrogens is 354 g/mol. The molecule has 4 aromatic rings. The average molecular weight is 373 g/mol. The van der Waals surface area contributed by atoms with Gasteiger partial charge in [-0.15, -0.1) is 0 Å². The molecule has 140 valence electrons. The highest BCUT2D eigenvalue weighted by Crippen LogP contribution is 2.22. The minimum absolute atomic E-state index is 0.0393. The molecule has 7 nitrogen and oxygen atoms in total. The molecule has 4 rings (SSSR count). The van der Waals surface area contributed by atoms with Crippen molar-refractivity contribution in [2.24, 2.45) is 0 Å². The molecule has 0 aliphatic rings. The summed E-state index contributed by atoms with van der Waals surface area (Å²) in [7, 11) is 0. The second-order valence-corrected chi connectivity index (χ2v) is 6.70. The lowest BCUT2D eigenvalue weighted by molar-refractivity contribution is 0.0932. The maximum atomic E-state index is 13.0. The molecule has 1 aromatic carbocycles. The second-order valence-electron chi connectivity index (χ2n) is 6.70. The van der Waals surface area contributed by atoms with Crippen LogP contribution in [-0.4, -0.2) is 32.2 Å². The average Bonchev–Trinajstić information content (AvgIpc) is 3.08. The molecule has 0 unspecified atom stereocenters. The summed E-state index contributed by atoms with van der Waals surface area (Å²) in [6.45, 7) is 3.74. The fraction of sp³-hybridized carbons (Fsp3) is 0.143. The Labute approximate surface area is 161 Å². The van der Waals surface area contributed by atoms with Gasteiger partial charge in [0, 0.05) is 23.8 Å². The summed E-state index contributed by atoms with van der Waals surface area (Å²) in [6, 6.07) is 14.7. The van der Waals surface area contributed by atoms with E-state index in [-0.39, 0.29) is 23.5 Å². The van der Waals surface area contributed by atoms with Gasteiger partial charge in [0.05, 0.1) is 16.7 Å². The Morgan fingerprint density at radius 1 is 1.00 bits per heavy atom. The van der Waals surface area contributed by atoms with Crippen LogP contribution in [0.25, 0.3) is 16.4 Å². The molecule has 2 N–H and O–H groups in total. The lowest BCUT2D eigenvalue weighted by atomic mass is 10.2. The number of anilines is 1. The van der Waals surface area contributed by atoms with Gasteiger partial charge in [0.25, 0.3) is 11.8 Å². The molecule has 0 fully saturated rings. The molecule has 0 aliphatic carbocycles. The molecule has 2 amide bonds. The van der Waals surface area contributed by atoms with Gasteiger partial charge in [0.2, 0.25) is 5.82 Å². The van der Waals surface area contributed by atoms with Crippen LogP contribution in [0.4, 0.5) is 5.69 Å². The van der Waals surface area contributed by atoms with E-state index < -0.39 is 5.91 Å². The molecule has 3 heterocycles. The van der Waals surface area contributed by atoms with E-state index in [1.165, 1.54) is 0 Å². The lowest BCUT2D eigenvalue weighted by Crippen LogP contribution is -2.31. The Kier molecular flexibility index (Phi) is 4.49. The zero-order valence-corrected chi connectivity index (χ0v) is 15.5. The SMILES string of the molecule is CC(C)NC(=O)c1nc(C(=O)Nc2cccc3cccnc23)c2ccccn12. The van der Waals surface area contributed by atoms with Crippen molar-refractivity contribution in [1.29, 1.82) is 0 Å². The first-order valence-electron chi connectivity index (χ1n) is 8.97. The molecule has 0 saturated carbocycles. The van der Waals surface area contributed by atoms with Crippen molar-refractivity contribution in [1.82, 2.24) is 19.7 Å². The first-order valence-corrected chi connectivity index (χ1v) is 8.97. The highest BCUT2D eigenvalue weighted by Gasteiger charge is 2.22. The normalized spacial score (nSPS) is 11.1. The third-order valence-corrected chi connectivity index (χ3v) is 4.27. The molecule has 0 saturated heterocycles. The molecule has 28 heavy (non-hydrogen) atoms. The van der Waals surface area contributed by atoms with Crippen LogP contribution in [-0.2, 0) is 0 Å². The van der Waals surface area contributed by atoms with E-state index in [1.54, 1.807) is 41.1 Å². The Hall–Kier alpha value is -3.74. The minimum Gasteiger partial charge on any atom is -0.347 e. The van der Waals surface area contributed by atoms with Crippen molar-refractivity contribution >= 4 is 33.9 Å². The topological polar surface area (TPSA) is 88.4 Å². The Bertz CT molecular complexity index is 1190. The third kappa shape index (κ3) is 3.18. The van der Waals surface area contributed by atoms with Crippen LogP contribution in [0.1, 0.15) is 35.0 Å². The van der Waals surface area contributed by atoms with E-state index in [0.29, 0.717) is 16.7 Å².